The molecule has 0 aliphatic carbocycles. The molecular formula is C21H18N4O3. The van der Waals surface area contributed by atoms with Crippen LogP contribution < -0.4 is 10.3 Å². The van der Waals surface area contributed by atoms with E-state index in [0.717, 1.165) is 5.56 Å². The third-order valence-corrected chi connectivity index (χ3v) is 4.36. The summed E-state index contributed by atoms with van der Waals surface area (Å²) in [5, 5.41) is 0. The molecule has 28 heavy (non-hydrogen) atoms. The number of carbonyl (C=O) groups excluding carboxylic acids is 1. The van der Waals surface area contributed by atoms with E-state index in [0.29, 0.717) is 46.9 Å². The van der Waals surface area contributed by atoms with Crippen LogP contribution in [0.1, 0.15) is 22.8 Å². The number of nitrogens with zero attached hydrogens (tertiary/aromatic N) is 2. The van der Waals surface area contributed by atoms with Crippen LogP contribution in [0, 0.1) is 0 Å². The highest BCUT2D eigenvalue weighted by molar-refractivity contribution is 5.98. The minimum atomic E-state index is -0.316. The molecule has 4 rings (SSSR count). The van der Waals surface area contributed by atoms with Gasteiger partial charge in [0.1, 0.15) is 11.6 Å². The Balaban J connectivity index is 1.72. The highest BCUT2D eigenvalue weighted by atomic mass is 16.5. The van der Waals surface area contributed by atoms with Crippen molar-refractivity contribution in [1.29, 1.82) is 0 Å². The highest BCUT2D eigenvalue weighted by Gasteiger charge is 2.16. The second-order valence-corrected chi connectivity index (χ2v) is 6.25. The molecule has 2 N–H and O–H groups in total. The van der Waals surface area contributed by atoms with Crippen LogP contribution in [0.5, 0.6) is 5.75 Å². The molecule has 0 aliphatic rings. The minimum Gasteiger partial charge on any atom is -0.493 e. The molecule has 0 spiro atoms. The number of ketones is 1. The van der Waals surface area contributed by atoms with Crippen LogP contribution in [0.2, 0.25) is 0 Å². The lowest BCUT2D eigenvalue weighted by Gasteiger charge is -2.11. The zero-order valence-electron chi connectivity index (χ0n) is 15.2. The molecule has 0 atom stereocenters. The average molecular weight is 374 g/mol. The van der Waals surface area contributed by atoms with E-state index < -0.39 is 0 Å². The number of H-pyrrole nitrogens is 2. The average Bonchev–Trinajstić information content (AvgIpc) is 3.18. The Morgan fingerprint density at radius 2 is 1.96 bits per heavy atom. The number of aromatic amines is 2. The molecular weight excluding hydrogens is 356 g/mol. The minimum absolute atomic E-state index is 0.0112. The van der Waals surface area contributed by atoms with Crippen molar-refractivity contribution in [1.82, 2.24) is 19.9 Å². The van der Waals surface area contributed by atoms with Gasteiger partial charge < -0.3 is 14.7 Å². The summed E-state index contributed by atoms with van der Waals surface area (Å²) in [4.78, 5) is 38.8. The zero-order chi connectivity index (χ0) is 19.5. The van der Waals surface area contributed by atoms with Crippen molar-refractivity contribution in [2.45, 2.75) is 13.3 Å². The van der Waals surface area contributed by atoms with E-state index in [-0.39, 0.29) is 11.3 Å². The van der Waals surface area contributed by atoms with Crippen LogP contribution in [0.15, 0.2) is 59.7 Å². The fourth-order valence-electron chi connectivity index (χ4n) is 3.02. The van der Waals surface area contributed by atoms with Crippen LogP contribution >= 0.6 is 0 Å². The largest absolute Gasteiger partial charge is 0.493 e. The van der Waals surface area contributed by atoms with Crippen LogP contribution in [-0.4, -0.2) is 32.3 Å². The van der Waals surface area contributed by atoms with Gasteiger partial charge in [0, 0.05) is 12.0 Å². The summed E-state index contributed by atoms with van der Waals surface area (Å²) in [5.41, 5.74) is 2.41. The van der Waals surface area contributed by atoms with Gasteiger partial charge in [0.15, 0.2) is 16.9 Å². The molecule has 2 heterocycles. The molecule has 0 saturated carbocycles. The molecule has 0 fully saturated rings. The summed E-state index contributed by atoms with van der Waals surface area (Å²) in [6.45, 7) is 2.27. The lowest BCUT2D eigenvalue weighted by atomic mass is 10.0. The van der Waals surface area contributed by atoms with Crippen molar-refractivity contribution in [3.8, 4) is 17.1 Å². The Morgan fingerprint density at radius 3 is 2.75 bits per heavy atom. The van der Waals surface area contributed by atoms with Gasteiger partial charge in [0.2, 0.25) is 0 Å². The molecule has 140 valence electrons. The SMILES string of the molecule is CCOc1cc(C(=O)Cc2ccccc2)ccc1-c1nc2nc[nH]c2c(=O)[nH]1. The van der Waals surface area contributed by atoms with Crippen LogP contribution in [-0.2, 0) is 6.42 Å². The first-order valence-electron chi connectivity index (χ1n) is 8.93. The second-order valence-electron chi connectivity index (χ2n) is 6.25. The van der Waals surface area contributed by atoms with Crippen molar-refractivity contribution >= 4 is 16.9 Å². The predicted octanol–water partition coefficient (Wildman–Crippen LogP) is 3.14. The van der Waals surface area contributed by atoms with Crippen LogP contribution in [0.25, 0.3) is 22.6 Å². The normalized spacial score (nSPS) is 10.9. The van der Waals surface area contributed by atoms with Crippen molar-refractivity contribution in [3.63, 3.8) is 0 Å². The van der Waals surface area contributed by atoms with Crippen molar-refractivity contribution in [3.05, 3.63) is 76.3 Å². The standard InChI is InChI=1S/C21H18N4O3/c1-2-28-17-11-14(16(26)10-13-6-4-3-5-7-13)8-9-15(17)19-24-20-18(21(27)25-19)22-12-23-20/h3-9,11-12H,2,10H2,1H3,(H2,22,23,24,25,27). The zero-order valence-corrected chi connectivity index (χ0v) is 15.2. The number of imidazole rings is 1. The number of fused-ring (bicyclic) bond motifs is 1. The maximum Gasteiger partial charge on any atom is 0.277 e. The van der Waals surface area contributed by atoms with Gasteiger partial charge in [-0.25, -0.2) is 9.97 Å². The van der Waals surface area contributed by atoms with E-state index in [1.807, 2.05) is 37.3 Å². The lowest BCUT2D eigenvalue weighted by Crippen LogP contribution is -2.10. The molecule has 0 aliphatic heterocycles. The van der Waals surface area contributed by atoms with Gasteiger partial charge in [-0.1, -0.05) is 36.4 Å². The first-order valence-corrected chi connectivity index (χ1v) is 8.93. The molecule has 0 unspecified atom stereocenters. The van der Waals surface area contributed by atoms with E-state index in [9.17, 15) is 9.59 Å². The first-order chi connectivity index (χ1) is 13.7. The lowest BCUT2D eigenvalue weighted by molar-refractivity contribution is 0.0992. The summed E-state index contributed by atoms with van der Waals surface area (Å²) in [5.74, 6) is 0.817. The smallest absolute Gasteiger partial charge is 0.277 e. The van der Waals surface area contributed by atoms with Crippen LogP contribution in [0.3, 0.4) is 0 Å². The topological polar surface area (TPSA) is 101 Å². The number of aromatic nitrogens is 4. The molecule has 2 aromatic heterocycles. The van der Waals surface area contributed by atoms with Gasteiger partial charge >= 0.3 is 0 Å². The van der Waals surface area contributed by atoms with Crippen molar-refractivity contribution in [2.24, 2.45) is 0 Å². The van der Waals surface area contributed by atoms with E-state index in [4.69, 9.17) is 4.74 Å². The number of rotatable bonds is 6. The Hall–Kier alpha value is -3.74. The number of nitrogens with one attached hydrogen (secondary N) is 2. The number of Topliss-reactive ketones (excluding diaryl/α,β-unsaturated/α-hetero) is 1. The van der Waals surface area contributed by atoms with E-state index >= 15 is 0 Å². The number of benzene rings is 2. The van der Waals surface area contributed by atoms with Gasteiger partial charge in [-0.15, -0.1) is 0 Å². The van der Waals surface area contributed by atoms with E-state index in [1.54, 1.807) is 18.2 Å². The monoisotopic (exact) mass is 374 g/mol. The second kappa shape index (κ2) is 7.48. The van der Waals surface area contributed by atoms with Gasteiger partial charge in [0.05, 0.1) is 18.5 Å². The summed E-state index contributed by atoms with van der Waals surface area (Å²) in [7, 11) is 0. The number of hydrogen-bond acceptors (Lipinski definition) is 5. The van der Waals surface area contributed by atoms with Gasteiger partial charge in [-0.05, 0) is 24.6 Å². The fraction of sp³-hybridized carbons (Fsp3) is 0.143. The van der Waals surface area contributed by atoms with Crippen molar-refractivity contribution < 1.29 is 9.53 Å². The summed E-state index contributed by atoms with van der Waals surface area (Å²) < 4.78 is 5.72. The highest BCUT2D eigenvalue weighted by Crippen LogP contribution is 2.29. The molecule has 0 bridgehead atoms. The molecule has 7 heteroatoms. The van der Waals surface area contributed by atoms with Gasteiger partial charge in [-0.2, -0.15) is 0 Å². The maximum absolute atomic E-state index is 12.7. The molecule has 2 aromatic carbocycles. The Bertz CT molecular complexity index is 1200. The maximum atomic E-state index is 12.7. The Kier molecular flexibility index (Phi) is 4.72. The quantitative estimate of drug-likeness (QED) is 0.505. The molecule has 0 amide bonds. The van der Waals surface area contributed by atoms with E-state index in [1.165, 1.54) is 6.33 Å². The Morgan fingerprint density at radius 1 is 1.14 bits per heavy atom. The number of ether oxygens (including phenoxy) is 1. The third-order valence-electron chi connectivity index (χ3n) is 4.36. The molecule has 4 aromatic rings. The third kappa shape index (κ3) is 3.42. The van der Waals surface area contributed by atoms with E-state index in [2.05, 4.69) is 19.9 Å². The summed E-state index contributed by atoms with van der Waals surface area (Å²) in [6, 6.07) is 14.7. The van der Waals surface area contributed by atoms with Crippen molar-refractivity contribution in [2.75, 3.05) is 6.61 Å². The Labute approximate surface area is 160 Å². The number of hydrogen-bond donors (Lipinski definition) is 2. The first kappa shape index (κ1) is 17.7. The van der Waals surface area contributed by atoms with Gasteiger partial charge in [0.25, 0.3) is 5.56 Å². The molecule has 0 radical (unpaired) electrons. The summed E-state index contributed by atoms with van der Waals surface area (Å²) in [6.07, 6.45) is 1.73. The number of carbonyl (C=O) groups is 1. The fourth-order valence-corrected chi connectivity index (χ4v) is 3.02. The van der Waals surface area contributed by atoms with Gasteiger partial charge in [-0.3, -0.25) is 9.59 Å². The molecule has 7 nitrogen and oxygen atoms in total. The predicted molar refractivity (Wildman–Crippen MR) is 106 cm³/mol. The molecule has 0 saturated heterocycles. The van der Waals surface area contributed by atoms with Crippen LogP contribution in [0.4, 0.5) is 0 Å². The summed E-state index contributed by atoms with van der Waals surface area (Å²) >= 11 is 0.